The van der Waals surface area contributed by atoms with E-state index in [4.69, 9.17) is 0 Å². The Morgan fingerprint density at radius 3 is 2.30 bits per heavy atom. The van der Waals surface area contributed by atoms with E-state index in [0.717, 1.165) is 45.6 Å². The van der Waals surface area contributed by atoms with E-state index in [-0.39, 0.29) is 24.1 Å². The number of nitrogens with zero attached hydrogens (tertiary/aromatic N) is 2. The third kappa shape index (κ3) is 4.10. The van der Waals surface area contributed by atoms with Crippen LogP contribution in [0.2, 0.25) is 0 Å². The molecule has 0 bridgehead atoms. The first kappa shape index (κ1) is 19.0. The quantitative estimate of drug-likeness (QED) is 0.840. The Morgan fingerprint density at radius 1 is 0.926 bits per heavy atom. The standard InChI is InChI=1S/C20H29F3N4/c21-16-10-15(11-17(22)20(16)14-2-1-4-25-12-14)27-7-3-19(18(23)13-27)26-8-5-24-6-9-26/h10-11,14,18-19,24-25H,1-9,12-13H2/t14?,18-,19-/m0/s1. The molecule has 1 unspecified atom stereocenters. The van der Waals surface area contributed by atoms with E-state index in [2.05, 4.69) is 15.5 Å². The molecule has 0 aliphatic carbocycles. The van der Waals surface area contributed by atoms with Gasteiger partial charge >= 0.3 is 0 Å². The molecule has 3 aliphatic heterocycles. The number of halogens is 3. The molecule has 0 spiro atoms. The lowest BCUT2D eigenvalue weighted by atomic mass is 9.90. The number of anilines is 1. The third-order valence-corrected chi connectivity index (χ3v) is 6.26. The van der Waals surface area contributed by atoms with Crippen molar-refractivity contribution in [3.63, 3.8) is 0 Å². The van der Waals surface area contributed by atoms with Crippen LogP contribution in [0.25, 0.3) is 0 Å². The molecule has 4 nitrogen and oxygen atoms in total. The lowest BCUT2D eigenvalue weighted by Crippen LogP contribution is -2.57. The van der Waals surface area contributed by atoms with Gasteiger partial charge < -0.3 is 15.5 Å². The second-order valence-corrected chi connectivity index (χ2v) is 7.97. The van der Waals surface area contributed by atoms with E-state index >= 15 is 0 Å². The molecule has 3 aliphatic rings. The summed E-state index contributed by atoms with van der Waals surface area (Å²) in [5.74, 6) is -1.13. The third-order valence-electron chi connectivity index (χ3n) is 6.26. The maximum absolute atomic E-state index is 14.8. The maximum atomic E-state index is 14.8. The van der Waals surface area contributed by atoms with Crippen molar-refractivity contribution >= 4 is 5.69 Å². The topological polar surface area (TPSA) is 30.5 Å². The van der Waals surface area contributed by atoms with Crippen LogP contribution in [0.15, 0.2) is 12.1 Å². The summed E-state index contributed by atoms with van der Waals surface area (Å²) in [6.07, 6.45) is 1.39. The Hall–Kier alpha value is -1.31. The van der Waals surface area contributed by atoms with Crippen molar-refractivity contribution in [3.05, 3.63) is 29.3 Å². The SMILES string of the molecule is Fc1cc(N2CC[C@H](N3CCNCC3)[C@@H](F)C2)cc(F)c1C1CCCNC1. The van der Waals surface area contributed by atoms with E-state index < -0.39 is 17.8 Å². The summed E-state index contributed by atoms with van der Waals surface area (Å²) in [5, 5.41) is 6.49. The summed E-state index contributed by atoms with van der Waals surface area (Å²) in [7, 11) is 0. The average Bonchev–Trinajstić information content (AvgIpc) is 2.69. The van der Waals surface area contributed by atoms with Gasteiger partial charge in [0.2, 0.25) is 0 Å². The number of rotatable bonds is 3. The van der Waals surface area contributed by atoms with Crippen molar-refractivity contribution in [2.24, 2.45) is 0 Å². The van der Waals surface area contributed by atoms with Crippen molar-refractivity contribution in [1.82, 2.24) is 15.5 Å². The predicted molar refractivity (Wildman–Crippen MR) is 101 cm³/mol. The molecule has 3 fully saturated rings. The minimum absolute atomic E-state index is 0.0920. The summed E-state index contributed by atoms with van der Waals surface area (Å²) in [6, 6.07) is 2.70. The van der Waals surface area contributed by atoms with Crippen molar-refractivity contribution in [1.29, 1.82) is 0 Å². The van der Waals surface area contributed by atoms with Gasteiger partial charge in [-0.2, -0.15) is 0 Å². The van der Waals surface area contributed by atoms with Crippen LogP contribution in [0, 0.1) is 11.6 Å². The highest BCUT2D eigenvalue weighted by atomic mass is 19.1. The molecule has 0 radical (unpaired) electrons. The fourth-order valence-corrected chi connectivity index (χ4v) is 4.79. The fourth-order valence-electron chi connectivity index (χ4n) is 4.79. The van der Waals surface area contributed by atoms with E-state index in [9.17, 15) is 13.2 Å². The molecule has 7 heteroatoms. The number of nitrogens with one attached hydrogen (secondary N) is 2. The number of alkyl halides is 1. The lowest BCUT2D eigenvalue weighted by molar-refractivity contribution is 0.0823. The van der Waals surface area contributed by atoms with Gasteiger partial charge in [-0.1, -0.05) is 0 Å². The van der Waals surface area contributed by atoms with Crippen molar-refractivity contribution < 1.29 is 13.2 Å². The Bertz CT molecular complexity index is 621. The molecule has 1 aromatic carbocycles. The zero-order valence-corrected chi connectivity index (χ0v) is 15.7. The van der Waals surface area contributed by atoms with Gasteiger partial charge in [-0.25, -0.2) is 13.2 Å². The van der Waals surface area contributed by atoms with Crippen LogP contribution in [0.3, 0.4) is 0 Å². The second kappa shape index (κ2) is 8.37. The highest BCUT2D eigenvalue weighted by Gasteiger charge is 2.34. The first-order valence-electron chi connectivity index (χ1n) is 10.2. The minimum atomic E-state index is -1.01. The largest absolute Gasteiger partial charge is 0.368 e. The summed E-state index contributed by atoms with van der Waals surface area (Å²) in [4.78, 5) is 4.00. The van der Waals surface area contributed by atoms with Crippen LogP contribution in [0.5, 0.6) is 0 Å². The molecule has 1 aromatic rings. The molecule has 150 valence electrons. The van der Waals surface area contributed by atoms with Crippen molar-refractivity contribution in [2.75, 3.05) is 57.3 Å². The number of benzene rings is 1. The van der Waals surface area contributed by atoms with E-state index in [1.54, 1.807) is 4.90 Å². The normalized spacial score (nSPS) is 30.5. The molecular formula is C20H29F3N4. The fraction of sp³-hybridized carbons (Fsp3) is 0.700. The second-order valence-electron chi connectivity index (χ2n) is 7.97. The Morgan fingerprint density at radius 2 is 1.67 bits per heavy atom. The van der Waals surface area contributed by atoms with Gasteiger partial charge in [0, 0.05) is 62.5 Å². The maximum Gasteiger partial charge on any atom is 0.133 e. The Balaban J connectivity index is 1.46. The Kier molecular flexibility index (Phi) is 5.90. The molecule has 3 saturated heterocycles. The highest BCUT2D eigenvalue weighted by Crippen LogP contribution is 2.33. The van der Waals surface area contributed by atoms with Gasteiger partial charge in [0.05, 0.1) is 6.54 Å². The summed E-state index contributed by atoms with van der Waals surface area (Å²) in [6.45, 7) is 5.82. The molecule has 0 saturated carbocycles. The number of hydrogen-bond donors (Lipinski definition) is 2. The van der Waals surface area contributed by atoms with Crippen LogP contribution >= 0.6 is 0 Å². The van der Waals surface area contributed by atoms with Crippen LogP contribution in [-0.4, -0.2) is 69.5 Å². The molecule has 3 heterocycles. The summed E-state index contributed by atoms with van der Waals surface area (Å²) < 4.78 is 44.3. The number of hydrogen-bond acceptors (Lipinski definition) is 4. The summed E-state index contributed by atoms with van der Waals surface area (Å²) >= 11 is 0. The van der Waals surface area contributed by atoms with Crippen molar-refractivity contribution in [2.45, 2.75) is 37.4 Å². The first-order valence-corrected chi connectivity index (χ1v) is 10.2. The molecule has 27 heavy (non-hydrogen) atoms. The van der Waals surface area contributed by atoms with E-state index in [1.165, 1.54) is 12.1 Å². The van der Waals surface area contributed by atoms with Gasteiger partial charge in [0.25, 0.3) is 0 Å². The zero-order valence-electron chi connectivity index (χ0n) is 15.7. The molecule has 2 N–H and O–H groups in total. The number of piperazine rings is 1. The van der Waals surface area contributed by atoms with Crippen LogP contribution in [-0.2, 0) is 0 Å². The zero-order chi connectivity index (χ0) is 18.8. The van der Waals surface area contributed by atoms with E-state index in [0.29, 0.717) is 25.2 Å². The molecule has 0 amide bonds. The smallest absolute Gasteiger partial charge is 0.133 e. The van der Waals surface area contributed by atoms with Crippen LogP contribution < -0.4 is 15.5 Å². The van der Waals surface area contributed by atoms with Gasteiger partial charge in [-0.05, 0) is 37.9 Å². The molecular weight excluding hydrogens is 353 g/mol. The first-order chi connectivity index (χ1) is 13.1. The van der Waals surface area contributed by atoms with Crippen molar-refractivity contribution in [3.8, 4) is 0 Å². The highest BCUT2D eigenvalue weighted by molar-refractivity contribution is 5.50. The minimum Gasteiger partial charge on any atom is -0.368 e. The Labute approximate surface area is 159 Å². The molecule has 4 rings (SSSR count). The van der Waals surface area contributed by atoms with E-state index in [1.807, 2.05) is 0 Å². The average molecular weight is 382 g/mol. The monoisotopic (exact) mass is 382 g/mol. The predicted octanol–water partition coefficient (Wildman–Crippen LogP) is 2.25. The lowest BCUT2D eigenvalue weighted by Gasteiger charge is -2.43. The summed E-state index contributed by atoms with van der Waals surface area (Å²) in [5.41, 5.74) is 0.636. The van der Waals surface area contributed by atoms with Crippen LogP contribution in [0.4, 0.5) is 18.9 Å². The van der Waals surface area contributed by atoms with Gasteiger partial charge in [-0.3, -0.25) is 4.90 Å². The van der Waals surface area contributed by atoms with Gasteiger partial charge in [0.1, 0.15) is 17.8 Å². The van der Waals surface area contributed by atoms with Gasteiger partial charge in [-0.15, -0.1) is 0 Å². The molecule has 0 aromatic heterocycles. The number of piperidine rings is 2. The molecule has 3 atom stereocenters. The van der Waals surface area contributed by atoms with Gasteiger partial charge in [0.15, 0.2) is 0 Å². The van der Waals surface area contributed by atoms with Crippen LogP contribution in [0.1, 0.15) is 30.7 Å².